The number of anilines is 1. The lowest BCUT2D eigenvalue weighted by molar-refractivity contribution is -0.382. The summed E-state index contributed by atoms with van der Waals surface area (Å²) in [6.45, 7) is 0. The largest absolute Gasteiger partial charge is 0.480 e. The Balaban J connectivity index is 2.60. The molecule has 1 aromatic heterocycles. The first-order valence-corrected chi connectivity index (χ1v) is 5.43. The molecule has 8 heteroatoms. The Morgan fingerprint density at radius 2 is 2.21 bits per heavy atom. The molecule has 0 aliphatic rings. The average molecular weight is 264 g/mol. The maximum Gasteiger partial charge on any atom is 0.320 e. The highest BCUT2D eigenvalue weighted by atomic mass is 16.6. The minimum absolute atomic E-state index is 0.0143. The molecule has 6 N–H and O–H groups in total. The highest BCUT2D eigenvalue weighted by Gasteiger charge is 2.23. The molecule has 0 radical (unpaired) electrons. The number of aliphatic carboxylic acids is 1. The van der Waals surface area contributed by atoms with E-state index < -0.39 is 16.9 Å². The first-order valence-electron chi connectivity index (χ1n) is 5.43. The predicted molar refractivity (Wildman–Crippen MR) is 68.7 cm³/mol. The van der Waals surface area contributed by atoms with Gasteiger partial charge in [0.15, 0.2) is 0 Å². The predicted octanol–water partition coefficient (Wildman–Crippen LogP) is 0.613. The molecule has 1 heterocycles. The fraction of sp³-hybridized carbons (Fsp3) is 0.182. The summed E-state index contributed by atoms with van der Waals surface area (Å²) in [4.78, 5) is 24.1. The lowest BCUT2D eigenvalue weighted by Gasteiger charge is -2.06. The average Bonchev–Trinajstić information content (AvgIpc) is 2.71. The summed E-state index contributed by atoms with van der Waals surface area (Å²) in [7, 11) is 0. The summed E-state index contributed by atoms with van der Waals surface area (Å²) in [6.07, 6.45) is 1.50. The SMILES string of the molecule is Nc1ccc2[nH]cc(CC(N)C(=O)O)c2c1[N+](=O)[O-]. The van der Waals surface area contributed by atoms with Crippen molar-refractivity contribution < 1.29 is 14.8 Å². The Bertz CT molecular complexity index is 664. The molecule has 0 spiro atoms. The molecule has 0 bridgehead atoms. The summed E-state index contributed by atoms with van der Waals surface area (Å²) in [6, 6.07) is 1.91. The Labute approximate surface area is 107 Å². The maximum atomic E-state index is 11.1. The number of nitro groups is 1. The van der Waals surface area contributed by atoms with Crippen LogP contribution in [0.3, 0.4) is 0 Å². The number of benzene rings is 1. The molecule has 0 amide bonds. The molecule has 0 saturated heterocycles. The molecule has 0 saturated carbocycles. The van der Waals surface area contributed by atoms with Gasteiger partial charge < -0.3 is 21.6 Å². The number of hydrogen-bond acceptors (Lipinski definition) is 5. The van der Waals surface area contributed by atoms with Crippen LogP contribution in [0.1, 0.15) is 5.56 Å². The van der Waals surface area contributed by atoms with Crippen LogP contribution in [0.4, 0.5) is 11.4 Å². The van der Waals surface area contributed by atoms with Crippen molar-refractivity contribution in [3.8, 4) is 0 Å². The number of H-pyrrole nitrogens is 1. The van der Waals surface area contributed by atoms with E-state index in [1.807, 2.05) is 0 Å². The van der Waals surface area contributed by atoms with Crippen molar-refractivity contribution in [3.05, 3.63) is 34.0 Å². The van der Waals surface area contributed by atoms with Gasteiger partial charge in [0.1, 0.15) is 11.7 Å². The van der Waals surface area contributed by atoms with Crippen LogP contribution in [0, 0.1) is 10.1 Å². The van der Waals surface area contributed by atoms with Gasteiger partial charge in [-0.15, -0.1) is 0 Å². The summed E-state index contributed by atoms with van der Waals surface area (Å²) >= 11 is 0. The first-order chi connectivity index (χ1) is 8.91. The van der Waals surface area contributed by atoms with Gasteiger partial charge in [0.05, 0.1) is 15.8 Å². The van der Waals surface area contributed by atoms with Gasteiger partial charge in [0.2, 0.25) is 0 Å². The van der Waals surface area contributed by atoms with E-state index in [-0.39, 0.29) is 17.8 Å². The van der Waals surface area contributed by atoms with Crippen molar-refractivity contribution in [3.63, 3.8) is 0 Å². The molecule has 1 aromatic carbocycles. The Morgan fingerprint density at radius 1 is 1.53 bits per heavy atom. The van der Waals surface area contributed by atoms with Crippen molar-refractivity contribution in [1.82, 2.24) is 4.98 Å². The fourth-order valence-electron chi connectivity index (χ4n) is 1.97. The Morgan fingerprint density at radius 3 is 2.79 bits per heavy atom. The third kappa shape index (κ3) is 2.20. The molecular weight excluding hydrogens is 252 g/mol. The molecular formula is C11H12N4O4. The Kier molecular flexibility index (Phi) is 3.09. The smallest absolute Gasteiger partial charge is 0.320 e. The van der Waals surface area contributed by atoms with Crippen molar-refractivity contribution in [2.24, 2.45) is 5.73 Å². The van der Waals surface area contributed by atoms with Crippen LogP contribution < -0.4 is 11.5 Å². The van der Waals surface area contributed by atoms with Gasteiger partial charge >= 0.3 is 11.7 Å². The highest BCUT2D eigenvalue weighted by molar-refractivity contribution is 5.97. The number of aromatic nitrogens is 1. The van der Waals surface area contributed by atoms with E-state index >= 15 is 0 Å². The number of nitrogens with two attached hydrogens (primary N) is 2. The van der Waals surface area contributed by atoms with E-state index in [1.54, 1.807) is 6.07 Å². The molecule has 0 aliphatic heterocycles. The van der Waals surface area contributed by atoms with Crippen molar-refractivity contribution in [1.29, 1.82) is 0 Å². The van der Waals surface area contributed by atoms with Gasteiger partial charge in [-0.2, -0.15) is 0 Å². The molecule has 2 aromatic rings. The van der Waals surface area contributed by atoms with Gasteiger partial charge in [-0.1, -0.05) is 0 Å². The number of fused-ring (bicyclic) bond motifs is 1. The van der Waals surface area contributed by atoms with Crippen LogP contribution in [0.5, 0.6) is 0 Å². The van der Waals surface area contributed by atoms with Gasteiger partial charge in [-0.05, 0) is 17.7 Å². The molecule has 0 aliphatic carbocycles. The zero-order chi connectivity index (χ0) is 14.2. The van der Waals surface area contributed by atoms with E-state index in [4.69, 9.17) is 16.6 Å². The molecule has 0 fully saturated rings. The number of nitrogens with zero attached hydrogens (tertiary/aromatic N) is 1. The zero-order valence-corrected chi connectivity index (χ0v) is 9.79. The van der Waals surface area contributed by atoms with E-state index in [1.165, 1.54) is 12.3 Å². The van der Waals surface area contributed by atoms with Crippen LogP contribution in [-0.2, 0) is 11.2 Å². The van der Waals surface area contributed by atoms with Gasteiger partial charge in [-0.3, -0.25) is 14.9 Å². The third-order valence-electron chi connectivity index (χ3n) is 2.87. The second kappa shape index (κ2) is 4.58. The van der Waals surface area contributed by atoms with Crippen molar-refractivity contribution in [2.45, 2.75) is 12.5 Å². The fourth-order valence-corrected chi connectivity index (χ4v) is 1.97. The summed E-state index contributed by atoms with van der Waals surface area (Å²) < 4.78 is 0. The van der Waals surface area contributed by atoms with Crippen LogP contribution in [0.15, 0.2) is 18.3 Å². The lowest BCUT2D eigenvalue weighted by Crippen LogP contribution is -2.32. The molecule has 1 unspecified atom stereocenters. The minimum Gasteiger partial charge on any atom is -0.480 e. The normalized spacial score (nSPS) is 12.5. The third-order valence-corrected chi connectivity index (χ3v) is 2.87. The highest BCUT2D eigenvalue weighted by Crippen LogP contribution is 2.34. The first kappa shape index (κ1) is 12.8. The van der Waals surface area contributed by atoms with Gasteiger partial charge in [-0.25, -0.2) is 0 Å². The number of carboxylic acids is 1. The zero-order valence-electron chi connectivity index (χ0n) is 9.79. The maximum absolute atomic E-state index is 11.1. The van der Waals surface area contributed by atoms with Crippen LogP contribution in [0.2, 0.25) is 0 Å². The van der Waals surface area contributed by atoms with E-state index in [9.17, 15) is 14.9 Å². The monoisotopic (exact) mass is 264 g/mol. The van der Waals surface area contributed by atoms with E-state index in [0.717, 1.165) is 0 Å². The summed E-state index contributed by atoms with van der Waals surface area (Å²) in [5.74, 6) is -1.17. The van der Waals surface area contributed by atoms with Crippen molar-refractivity contribution >= 4 is 28.2 Å². The standard InChI is InChI=1S/C11H12N4O4/c12-6-1-2-8-9(10(6)15(18)19)5(4-14-8)3-7(13)11(16)17/h1-2,4,7,14H,3,12-13H2,(H,16,17). The second-order valence-electron chi connectivity index (χ2n) is 4.15. The summed E-state index contributed by atoms with van der Waals surface area (Å²) in [5.41, 5.74) is 11.8. The molecule has 19 heavy (non-hydrogen) atoms. The molecule has 2 rings (SSSR count). The topological polar surface area (TPSA) is 148 Å². The number of nitrogens with one attached hydrogen (secondary N) is 1. The van der Waals surface area contributed by atoms with Crippen LogP contribution in [0.25, 0.3) is 10.9 Å². The molecule has 100 valence electrons. The van der Waals surface area contributed by atoms with Crippen LogP contribution in [-0.4, -0.2) is 27.0 Å². The summed E-state index contributed by atoms with van der Waals surface area (Å²) in [5, 5.41) is 20.2. The van der Waals surface area contributed by atoms with E-state index in [0.29, 0.717) is 16.5 Å². The number of nitro benzene ring substituents is 1. The number of rotatable bonds is 4. The van der Waals surface area contributed by atoms with Crippen molar-refractivity contribution in [2.75, 3.05) is 5.73 Å². The van der Waals surface area contributed by atoms with Gasteiger partial charge in [0, 0.05) is 12.6 Å². The number of carbonyl (C=O) groups is 1. The van der Waals surface area contributed by atoms with E-state index in [2.05, 4.69) is 4.98 Å². The lowest BCUT2D eigenvalue weighted by atomic mass is 10.0. The number of hydrogen-bond donors (Lipinski definition) is 4. The van der Waals surface area contributed by atoms with Gasteiger partial charge in [0.25, 0.3) is 0 Å². The quantitative estimate of drug-likeness (QED) is 0.361. The molecule has 1 atom stereocenters. The van der Waals surface area contributed by atoms with Crippen LogP contribution >= 0.6 is 0 Å². The Hall–Kier alpha value is -2.61. The second-order valence-corrected chi connectivity index (χ2v) is 4.15. The molecule has 8 nitrogen and oxygen atoms in total. The number of carboxylic acid groups (broad SMARTS) is 1. The number of aromatic amines is 1. The number of nitrogen functional groups attached to an aromatic ring is 1. The minimum atomic E-state index is -1.17.